The first kappa shape index (κ1) is 11.2. The molecule has 0 bridgehead atoms. The Labute approximate surface area is 92.9 Å². The van der Waals surface area contributed by atoms with Crippen LogP contribution in [0, 0.1) is 0 Å². The van der Waals surface area contributed by atoms with Gasteiger partial charge in [0, 0.05) is 7.11 Å². The van der Waals surface area contributed by atoms with Crippen LogP contribution in [0.4, 0.5) is 0 Å². The first-order valence-electron chi connectivity index (χ1n) is 4.67. The van der Waals surface area contributed by atoms with Crippen molar-refractivity contribution in [3.8, 4) is 0 Å². The molecule has 0 amide bonds. The predicted octanol–water partition coefficient (Wildman–Crippen LogP) is -0.116. The Morgan fingerprint density at radius 3 is 2.81 bits per heavy atom. The summed E-state index contributed by atoms with van der Waals surface area (Å²) in [6, 6.07) is 7.04. The number of aromatic nitrogens is 2. The molecular formula is C10H11N2O3P. The van der Waals surface area contributed by atoms with Crippen LogP contribution in [-0.4, -0.2) is 12.1 Å². The van der Waals surface area contributed by atoms with E-state index in [9.17, 15) is 9.46 Å². The number of hydrogen-bond acceptors (Lipinski definition) is 4. The summed E-state index contributed by atoms with van der Waals surface area (Å²) in [5.41, 5.74) is 0.768. The van der Waals surface area contributed by atoms with Crippen LogP contribution in [0.25, 0.3) is 10.9 Å². The van der Waals surface area contributed by atoms with Crippen molar-refractivity contribution in [1.82, 2.24) is 4.98 Å². The third-order valence-corrected chi connectivity index (χ3v) is 3.90. The first-order valence-corrected chi connectivity index (χ1v) is 6.21. The Balaban J connectivity index is 2.86. The van der Waals surface area contributed by atoms with E-state index in [0.29, 0.717) is 10.9 Å². The Morgan fingerprint density at radius 2 is 2.12 bits per heavy atom. The molecule has 0 radical (unpaired) electrons. The van der Waals surface area contributed by atoms with Crippen molar-refractivity contribution in [3.63, 3.8) is 0 Å². The summed E-state index contributed by atoms with van der Waals surface area (Å²) in [7, 11) is -1.26. The molecule has 0 saturated carbocycles. The average Bonchev–Trinajstić information content (AvgIpc) is 2.28. The molecule has 0 aliphatic rings. The molecule has 1 atom stereocenters. The molecule has 0 fully saturated rings. The maximum atomic E-state index is 11.8. The summed E-state index contributed by atoms with van der Waals surface area (Å²) < 4.78 is 17.8. The minimum Gasteiger partial charge on any atom is -0.772 e. The minimum absolute atomic E-state index is 0.139. The second kappa shape index (κ2) is 3.94. The Kier molecular flexibility index (Phi) is 2.76. The van der Waals surface area contributed by atoms with E-state index in [1.807, 2.05) is 6.07 Å². The van der Waals surface area contributed by atoms with Gasteiger partial charge in [-0.3, -0.25) is 0 Å². The second-order valence-electron chi connectivity index (χ2n) is 3.38. The number of benzene rings is 1. The lowest BCUT2D eigenvalue weighted by Gasteiger charge is -2.20. The summed E-state index contributed by atoms with van der Waals surface area (Å²) in [4.78, 5) is 15.9. The van der Waals surface area contributed by atoms with Gasteiger partial charge in [0.25, 0.3) is 6.33 Å². The van der Waals surface area contributed by atoms with Crippen molar-refractivity contribution in [2.75, 3.05) is 7.11 Å². The van der Waals surface area contributed by atoms with Crippen LogP contribution in [-0.2, 0) is 16.1 Å². The van der Waals surface area contributed by atoms with Crippen molar-refractivity contribution < 1.29 is 18.5 Å². The number of fused-ring (bicyclic) bond motifs is 1. The molecule has 5 nitrogen and oxygen atoms in total. The quantitative estimate of drug-likeness (QED) is 0.540. The molecule has 2 aromatic rings. The molecule has 0 spiro atoms. The van der Waals surface area contributed by atoms with Gasteiger partial charge in [-0.15, -0.1) is 0 Å². The minimum atomic E-state index is -4.04. The van der Waals surface area contributed by atoms with Crippen LogP contribution in [0.3, 0.4) is 0 Å². The molecule has 1 unspecified atom stereocenters. The fraction of sp³-hybridized carbons (Fsp3) is 0.200. The molecule has 6 heteroatoms. The van der Waals surface area contributed by atoms with Gasteiger partial charge in [0.1, 0.15) is 0 Å². The summed E-state index contributed by atoms with van der Waals surface area (Å²) in [5.74, 6) is 0. The summed E-state index contributed by atoms with van der Waals surface area (Å²) >= 11 is 0. The summed E-state index contributed by atoms with van der Waals surface area (Å²) in [6.45, 7) is 0. The average molecular weight is 238 g/mol. The van der Waals surface area contributed by atoms with Crippen LogP contribution >= 0.6 is 7.60 Å². The smallest absolute Gasteiger partial charge is 0.287 e. The molecular weight excluding hydrogens is 227 g/mol. The molecule has 16 heavy (non-hydrogen) atoms. The fourth-order valence-electron chi connectivity index (χ4n) is 1.60. The van der Waals surface area contributed by atoms with Gasteiger partial charge in [-0.1, -0.05) is 12.1 Å². The second-order valence-corrected chi connectivity index (χ2v) is 5.16. The Hall–Kier alpha value is -1.29. The van der Waals surface area contributed by atoms with Crippen LogP contribution < -0.4 is 14.9 Å². The molecule has 2 rings (SSSR count). The van der Waals surface area contributed by atoms with E-state index in [1.54, 1.807) is 25.2 Å². The first-order chi connectivity index (χ1) is 7.56. The zero-order chi connectivity index (χ0) is 11.8. The highest BCUT2D eigenvalue weighted by Gasteiger charge is 2.22. The molecule has 1 aromatic carbocycles. The van der Waals surface area contributed by atoms with Gasteiger partial charge in [0.05, 0.1) is 12.4 Å². The third-order valence-electron chi connectivity index (χ3n) is 2.35. The standard InChI is InChI=1S/C10H11N2O3P/c1-12-7-11-9-6-4-3-5-8(9)10(12)16(13,14)15-2/h3-7H,1-2H3. The molecule has 1 heterocycles. The van der Waals surface area contributed by atoms with Crippen molar-refractivity contribution in [1.29, 1.82) is 0 Å². The molecule has 0 aliphatic heterocycles. The van der Waals surface area contributed by atoms with Gasteiger partial charge in [0.2, 0.25) is 7.60 Å². The molecule has 84 valence electrons. The van der Waals surface area contributed by atoms with Crippen LogP contribution in [0.1, 0.15) is 0 Å². The lowest BCUT2D eigenvalue weighted by molar-refractivity contribution is -0.656. The highest BCUT2D eigenvalue weighted by Crippen LogP contribution is 2.34. The van der Waals surface area contributed by atoms with Gasteiger partial charge < -0.3 is 14.0 Å². The van der Waals surface area contributed by atoms with E-state index in [0.717, 1.165) is 7.11 Å². The number of hydrogen-bond donors (Lipinski definition) is 0. The highest BCUT2D eigenvalue weighted by molar-refractivity contribution is 7.59. The predicted molar refractivity (Wildman–Crippen MR) is 57.2 cm³/mol. The molecule has 0 N–H and O–H groups in total. The largest absolute Gasteiger partial charge is 0.772 e. The van der Waals surface area contributed by atoms with Crippen molar-refractivity contribution in [3.05, 3.63) is 30.6 Å². The van der Waals surface area contributed by atoms with Crippen LogP contribution in [0.2, 0.25) is 0 Å². The number of rotatable bonds is 2. The maximum absolute atomic E-state index is 11.8. The lowest BCUT2D eigenvalue weighted by Crippen LogP contribution is -2.48. The SMILES string of the molecule is COP(=O)([O-])c1c2ccccc2nc[n+]1C. The lowest BCUT2D eigenvalue weighted by atomic mass is 10.2. The van der Waals surface area contributed by atoms with Gasteiger partial charge in [-0.25, -0.2) is 4.57 Å². The molecule has 1 aromatic heterocycles. The Morgan fingerprint density at radius 1 is 1.44 bits per heavy atom. The van der Waals surface area contributed by atoms with E-state index in [-0.39, 0.29) is 5.44 Å². The summed E-state index contributed by atoms with van der Waals surface area (Å²) in [5, 5.41) is 0.563. The van der Waals surface area contributed by atoms with Crippen molar-refractivity contribution >= 4 is 23.9 Å². The number of nitrogens with zero attached hydrogens (tertiary/aromatic N) is 2. The van der Waals surface area contributed by atoms with E-state index >= 15 is 0 Å². The van der Waals surface area contributed by atoms with Crippen molar-refractivity contribution in [2.24, 2.45) is 7.05 Å². The summed E-state index contributed by atoms with van der Waals surface area (Å²) in [6.07, 6.45) is 1.46. The maximum Gasteiger partial charge on any atom is 0.287 e. The van der Waals surface area contributed by atoms with Crippen LogP contribution in [0.5, 0.6) is 0 Å². The van der Waals surface area contributed by atoms with E-state index in [4.69, 9.17) is 0 Å². The number of para-hydroxylation sites is 1. The fourth-order valence-corrected chi connectivity index (χ4v) is 2.69. The van der Waals surface area contributed by atoms with Gasteiger partial charge in [-0.2, -0.15) is 0 Å². The topological polar surface area (TPSA) is 66.1 Å². The Bertz CT molecular complexity index is 585. The molecule has 0 saturated heterocycles. The van der Waals surface area contributed by atoms with Gasteiger partial charge >= 0.3 is 0 Å². The molecule has 0 aliphatic carbocycles. The number of aryl methyl sites for hydroxylation is 1. The highest BCUT2D eigenvalue weighted by atomic mass is 31.2. The third kappa shape index (κ3) is 1.73. The normalized spacial score (nSPS) is 14.9. The van der Waals surface area contributed by atoms with E-state index < -0.39 is 7.60 Å². The van der Waals surface area contributed by atoms with Gasteiger partial charge in [0.15, 0.2) is 11.0 Å². The zero-order valence-electron chi connectivity index (χ0n) is 8.95. The van der Waals surface area contributed by atoms with E-state index in [2.05, 4.69) is 9.51 Å². The van der Waals surface area contributed by atoms with Gasteiger partial charge in [-0.05, 0) is 17.1 Å². The van der Waals surface area contributed by atoms with E-state index in [1.165, 1.54) is 10.9 Å². The van der Waals surface area contributed by atoms with Crippen molar-refractivity contribution in [2.45, 2.75) is 0 Å². The zero-order valence-corrected chi connectivity index (χ0v) is 9.85. The monoisotopic (exact) mass is 238 g/mol. The van der Waals surface area contributed by atoms with Crippen LogP contribution in [0.15, 0.2) is 30.6 Å².